The lowest BCUT2D eigenvalue weighted by Gasteiger charge is -2.44. The fourth-order valence-electron chi connectivity index (χ4n) is 6.99. The maximum atomic E-state index is 14.6. The quantitative estimate of drug-likeness (QED) is 0.118. The molecule has 0 aromatic heterocycles. The monoisotopic (exact) mass is 800 g/mol. The molecule has 3 aromatic carbocycles. The number of nitrogens with zero attached hydrogens (tertiary/aromatic N) is 3. The van der Waals surface area contributed by atoms with Crippen molar-refractivity contribution in [3.05, 3.63) is 95.6 Å². The molecule has 1 aliphatic carbocycles. The van der Waals surface area contributed by atoms with Crippen molar-refractivity contribution in [1.29, 1.82) is 0 Å². The van der Waals surface area contributed by atoms with Gasteiger partial charge in [0.15, 0.2) is 14.4 Å². The van der Waals surface area contributed by atoms with E-state index in [-0.39, 0.29) is 37.1 Å². The second-order valence-electron chi connectivity index (χ2n) is 16.2. The SMILES string of the molecule is COC(=O)[C@H](NC(=O)[C@@H]1CCCN(C(=O)OCc2ccccc2)N1C(=O)[C@@H](C)N(C)C(=O)OCC1c2ccccc2-c2ccccc21)[C@H](C)O[Si](C)(C)C(C)(C)C. The molecule has 0 bridgehead atoms. The van der Waals surface area contributed by atoms with Gasteiger partial charge in [-0.3, -0.25) is 14.5 Å². The third kappa shape index (κ3) is 9.50. The Labute approximate surface area is 336 Å². The third-order valence-corrected chi connectivity index (χ3v) is 16.0. The number of rotatable bonds is 12. The highest BCUT2D eigenvalue weighted by Gasteiger charge is 2.46. The van der Waals surface area contributed by atoms with Crippen LogP contribution in [0.15, 0.2) is 78.9 Å². The van der Waals surface area contributed by atoms with Crippen LogP contribution in [0.2, 0.25) is 18.1 Å². The van der Waals surface area contributed by atoms with Crippen LogP contribution in [0.4, 0.5) is 9.59 Å². The van der Waals surface area contributed by atoms with Crippen LogP contribution in [0.25, 0.3) is 11.1 Å². The Hall–Kier alpha value is -5.21. The Bertz CT molecular complexity index is 1890. The zero-order valence-electron chi connectivity index (χ0n) is 34.4. The highest BCUT2D eigenvalue weighted by Crippen LogP contribution is 2.44. The molecule has 3 aromatic rings. The summed E-state index contributed by atoms with van der Waals surface area (Å²) in [5.41, 5.74) is 4.97. The number of carbonyl (C=O) groups excluding carboxylic acids is 5. The summed E-state index contributed by atoms with van der Waals surface area (Å²) in [6.07, 6.45) is -1.87. The summed E-state index contributed by atoms with van der Waals surface area (Å²) < 4.78 is 23.1. The molecule has 1 aliphatic heterocycles. The molecular formula is C43H56N4O9Si. The fraction of sp³-hybridized carbons (Fsp3) is 0.465. The fourth-order valence-corrected chi connectivity index (χ4v) is 8.40. The van der Waals surface area contributed by atoms with E-state index in [0.29, 0.717) is 6.42 Å². The van der Waals surface area contributed by atoms with Gasteiger partial charge in [-0.25, -0.2) is 24.4 Å². The molecule has 1 N–H and O–H groups in total. The van der Waals surface area contributed by atoms with Crippen molar-refractivity contribution in [1.82, 2.24) is 20.2 Å². The van der Waals surface area contributed by atoms with Crippen LogP contribution in [-0.2, 0) is 39.6 Å². The zero-order valence-corrected chi connectivity index (χ0v) is 35.4. The first-order valence-corrected chi connectivity index (χ1v) is 22.3. The average molecular weight is 801 g/mol. The average Bonchev–Trinajstić information content (AvgIpc) is 3.52. The summed E-state index contributed by atoms with van der Waals surface area (Å²) in [4.78, 5) is 70.6. The lowest BCUT2D eigenvalue weighted by atomic mass is 9.98. The van der Waals surface area contributed by atoms with Gasteiger partial charge in [-0.15, -0.1) is 0 Å². The van der Waals surface area contributed by atoms with Gasteiger partial charge < -0.3 is 24.0 Å². The van der Waals surface area contributed by atoms with Crippen molar-refractivity contribution in [2.45, 2.75) is 102 Å². The molecule has 306 valence electrons. The van der Waals surface area contributed by atoms with Gasteiger partial charge in [-0.1, -0.05) is 99.6 Å². The van der Waals surface area contributed by atoms with Crippen molar-refractivity contribution in [3.8, 4) is 11.1 Å². The van der Waals surface area contributed by atoms with Gasteiger partial charge in [0.1, 0.15) is 25.3 Å². The van der Waals surface area contributed by atoms with Crippen molar-refractivity contribution in [2.24, 2.45) is 0 Å². The molecular weight excluding hydrogens is 745 g/mol. The van der Waals surface area contributed by atoms with Crippen molar-refractivity contribution >= 4 is 38.3 Å². The van der Waals surface area contributed by atoms with Gasteiger partial charge in [0.25, 0.3) is 5.91 Å². The molecule has 13 nitrogen and oxygen atoms in total. The molecule has 2 aliphatic rings. The molecule has 5 rings (SSSR count). The molecule has 1 heterocycles. The molecule has 1 saturated heterocycles. The number of hydrogen-bond donors (Lipinski definition) is 1. The van der Waals surface area contributed by atoms with Crippen LogP contribution < -0.4 is 5.32 Å². The van der Waals surface area contributed by atoms with Gasteiger partial charge in [-0.05, 0) is 72.6 Å². The van der Waals surface area contributed by atoms with E-state index in [0.717, 1.165) is 42.7 Å². The van der Waals surface area contributed by atoms with Gasteiger partial charge >= 0.3 is 18.2 Å². The first-order valence-electron chi connectivity index (χ1n) is 19.4. The van der Waals surface area contributed by atoms with Gasteiger partial charge in [-0.2, -0.15) is 0 Å². The Morgan fingerprint density at radius 2 is 1.46 bits per heavy atom. The van der Waals surface area contributed by atoms with Crippen LogP contribution in [-0.4, -0.2) is 105 Å². The Kier molecular flexibility index (Phi) is 13.5. The first-order chi connectivity index (χ1) is 27.0. The molecule has 0 radical (unpaired) electrons. The van der Waals surface area contributed by atoms with E-state index in [1.165, 1.54) is 21.1 Å². The number of likely N-dealkylation sites (N-methyl/N-ethyl adjacent to an activating group) is 1. The lowest BCUT2D eigenvalue weighted by molar-refractivity contribution is -0.168. The summed E-state index contributed by atoms with van der Waals surface area (Å²) in [5, 5.41) is 4.75. The summed E-state index contributed by atoms with van der Waals surface area (Å²) in [5.74, 6) is -2.33. The molecule has 0 spiro atoms. The van der Waals surface area contributed by atoms with E-state index in [1.54, 1.807) is 19.1 Å². The minimum atomic E-state index is -2.41. The predicted molar refractivity (Wildman–Crippen MR) is 217 cm³/mol. The van der Waals surface area contributed by atoms with E-state index < -0.39 is 62.5 Å². The standard InChI is InChI=1S/C43H56N4O9Si/c1-28(45(6)41(51)55-27-35-33-22-15-13-20-31(33)32-21-14-16-23-34(32)35)39(49)47-36(24-17-25-46(47)42(52)54-26-30-18-11-10-12-19-30)38(48)44-37(40(50)53-7)29(2)56-57(8,9)43(3,4)5/h10-16,18-23,28-29,35-37H,17,24-27H2,1-9H3,(H,44,48)/t28-,29+,36+,37-/m1/s1. The number of benzene rings is 3. The minimum Gasteiger partial charge on any atom is -0.467 e. The van der Waals surface area contributed by atoms with E-state index >= 15 is 0 Å². The molecule has 14 heteroatoms. The number of carbonyl (C=O) groups is 5. The first kappa shape index (κ1) is 42.9. The second kappa shape index (κ2) is 17.9. The second-order valence-corrected chi connectivity index (χ2v) is 20.9. The van der Waals surface area contributed by atoms with E-state index in [4.69, 9.17) is 18.6 Å². The van der Waals surface area contributed by atoms with Crippen molar-refractivity contribution < 1.29 is 42.6 Å². The number of ether oxygens (including phenoxy) is 3. The van der Waals surface area contributed by atoms with Crippen molar-refractivity contribution in [3.63, 3.8) is 0 Å². The molecule has 4 atom stereocenters. The topological polar surface area (TPSA) is 144 Å². The summed E-state index contributed by atoms with van der Waals surface area (Å²) in [6, 6.07) is 21.4. The van der Waals surface area contributed by atoms with Gasteiger partial charge in [0.2, 0.25) is 5.91 Å². The third-order valence-electron chi connectivity index (χ3n) is 11.4. The summed E-state index contributed by atoms with van der Waals surface area (Å²) >= 11 is 0. The summed E-state index contributed by atoms with van der Waals surface area (Å²) in [7, 11) is 0.255. The molecule has 57 heavy (non-hydrogen) atoms. The predicted octanol–water partition coefficient (Wildman–Crippen LogP) is 6.87. The van der Waals surface area contributed by atoms with Crippen LogP contribution in [0.3, 0.4) is 0 Å². The number of hydrogen-bond acceptors (Lipinski definition) is 9. The number of esters is 1. The normalized spacial score (nSPS) is 17.0. The Morgan fingerprint density at radius 1 is 0.877 bits per heavy atom. The largest absolute Gasteiger partial charge is 0.467 e. The number of methoxy groups -OCH3 is 1. The smallest absolute Gasteiger partial charge is 0.429 e. The number of hydrazine groups is 1. The van der Waals surface area contributed by atoms with Gasteiger partial charge in [0.05, 0.1) is 13.2 Å². The van der Waals surface area contributed by atoms with Gasteiger partial charge in [0, 0.05) is 19.5 Å². The van der Waals surface area contributed by atoms with Crippen LogP contribution in [0, 0.1) is 0 Å². The number of amides is 4. The van der Waals surface area contributed by atoms with E-state index in [1.807, 2.05) is 79.8 Å². The lowest BCUT2D eigenvalue weighted by Crippen LogP contribution is -2.66. The van der Waals surface area contributed by atoms with Crippen LogP contribution in [0.5, 0.6) is 0 Å². The highest BCUT2D eigenvalue weighted by molar-refractivity contribution is 6.74. The van der Waals surface area contributed by atoms with E-state index in [9.17, 15) is 24.0 Å². The molecule has 0 saturated carbocycles. The van der Waals surface area contributed by atoms with Crippen LogP contribution >= 0.6 is 0 Å². The number of nitrogens with one attached hydrogen (secondary N) is 1. The molecule has 0 unspecified atom stereocenters. The Morgan fingerprint density at radius 3 is 2.04 bits per heavy atom. The van der Waals surface area contributed by atoms with Crippen LogP contribution in [0.1, 0.15) is 70.1 Å². The molecule has 1 fully saturated rings. The molecule has 4 amide bonds. The minimum absolute atomic E-state index is 0.0365. The maximum Gasteiger partial charge on any atom is 0.429 e. The summed E-state index contributed by atoms with van der Waals surface area (Å²) in [6.45, 7) is 13.5. The zero-order chi connectivity index (χ0) is 41.7. The van der Waals surface area contributed by atoms with Crippen molar-refractivity contribution in [2.75, 3.05) is 27.3 Å². The van der Waals surface area contributed by atoms with E-state index in [2.05, 4.69) is 26.1 Å². The maximum absolute atomic E-state index is 14.6. The highest BCUT2D eigenvalue weighted by atomic mass is 28.4. The Balaban J connectivity index is 1.37. The number of fused-ring (bicyclic) bond motifs is 3.